The van der Waals surface area contributed by atoms with Crippen molar-refractivity contribution < 1.29 is 27.9 Å². The van der Waals surface area contributed by atoms with Gasteiger partial charge in [-0.15, -0.1) is 0 Å². The van der Waals surface area contributed by atoms with Gasteiger partial charge in [0.15, 0.2) is 0 Å². The number of hydrogen-bond acceptors (Lipinski definition) is 6. The Morgan fingerprint density at radius 3 is 2.71 bits per heavy atom. The number of alkyl carbamates (subject to hydrolysis) is 1. The van der Waals surface area contributed by atoms with Crippen LogP contribution in [0.15, 0.2) is 18.3 Å². The lowest BCUT2D eigenvalue weighted by atomic mass is 10.2. The molecule has 1 aliphatic rings. The summed E-state index contributed by atoms with van der Waals surface area (Å²) in [6.07, 6.45) is -0.00745. The van der Waals surface area contributed by atoms with E-state index in [4.69, 9.17) is 10.00 Å². The fraction of sp³-hybridized carbons (Fsp3) is 0.550. The number of amides is 3. The maximum Gasteiger partial charge on any atom is 0.407 e. The van der Waals surface area contributed by atoms with Crippen LogP contribution < -0.4 is 10.6 Å². The summed E-state index contributed by atoms with van der Waals surface area (Å²) in [5, 5.41) is 14.0. The number of rotatable bonds is 5. The summed E-state index contributed by atoms with van der Waals surface area (Å²) < 4.78 is 32.3. The minimum atomic E-state index is -3.14. The van der Waals surface area contributed by atoms with Gasteiger partial charge in [-0.2, -0.15) is 5.26 Å². The molecule has 1 aliphatic heterocycles. The fourth-order valence-corrected chi connectivity index (χ4v) is 2.95. The molecule has 1 fully saturated rings. The van der Waals surface area contributed by atoms with Gasteiger partial charge in [-0.1, -0.05) is 0 Å². The van der Waals surface area contributed by atoms with E-state index in [9.17, 15) is 23.2 Å². The molecular formula is C20H25F2N5O4. The van der Waals surface area contributed by atoms with E-state index in [2.05, 4.69) is 15.6 Å². The van der Waals surface area contributed by atoms with Crippen molar-refractivity contribution in [3.63, 3.8) is 0 Å². The molecule has 11 heteroatoms. The van der Waals surface area contributed by atoms with E-state index in [1.807, 2.05) is 0 Å². The van der Waals surface area contributed by atoms with Gasteiger partial charge in [-0.3, -0.25) is 14.6 Å². The van der Waals surface area contributed by atoms with Crippen molar-refractivity contribution in [3.8, 4) is 6.07 Å². The summed E-state index contributed by atoms with van der Waals surface area (Å²) in [5.41, 5.74) is -0.119. The number of nitrogens with zero attached hydrogens (tertiary/aromatic N) is 3. The highest BCUT2D eigenvalue weighted by Gasteiger charge is 2.48. The van der Waals surface area contributed by atoms with Crippen LogP contribution in [0.3, 0.4) is 0 Å². The molecule has 31 heavy (non-hydrogen) atoms. The highest BCUT2D eigenvalue weighted by molar-refractivity contribution is 5.97. The number of carbonyl (C=O) groups excluding carboxylic acids is 3. The first-order valence-corrected chi connectivity index (χ1v) is 9.62. The van der Waals surface area contributed by atoms with Gasteiger partial charge < -0.3 is 20.3 Å². The lowest BCUT2D eigenvalue weighted by Gasteiger charge is -2.23. The maximum atomic E-state index is 13.6. The number of hydrogen-bond donors (Lipinski definition) is 2. The Hall–Kier alpha value is -3.29. The molecule has 1 aromatic heterocycles. The second-order valence-corrected chi connectivity index (χ2v) is 8.26. The zero-order chi connectivity index (χ0) is 23.4. The van der Waals surface area contributed by atoms with Crippen LogP contribution in [0, 0.1) is 11.3 Å². The molecule has 0 aliphatic carbocycles. The Bertz CT molecular complexity index is 894. The number of pyridine rings is 1. The molecule has 3 amide bonds. The monoisotopic (exact) mass is 437 g/mol. The van der Waals surface area contributed by atoms with Crippen molar-refractivity contribution in [2.45, 2.75) is 64.3 Å². The molecule has 0 spiro atoms. The molecule has 9 nitrogen and oxygen atoms in total. The number of carbonyl (C=O) groups is 3. The van der Waals surface area contributed by atoms with E-state index in [-0.39, 0.29) is 12.1 Å². The molecule has 0 unspecified atom stereocenters. The molecule has 2 atom stereocenters. The minimum absolute atomic E-state index is 0.0111. The van der Waals surface area contributed by atoms with Crippen molar-refractivity contribution >= 4 is 17.9 Å². The predicted molar refractivity (Wildman–Crippen MR) is 105 cm³/mol. The molecule has 0 saturated carbocycles. The second kappa shape index (κ2) is 9.24. The summed E-state index contributed by atoms with van der Waals surface area (Å²) in [5.74, 6) is -4.53. The number of alkyl halides is 2. The maximum absolute atomic E-state index is 13.6. The van der Waals surface area contributed by atoms with Crippen LogP contribution in [0.5, 0.6) is 0 Å². The number of halogens is 2. The quantitative estimate of drug-likeness (QED) is 0.726. The molecule has 0 aromatic carbocycles. The van der Waals surface area contributed by atoms with E-state index in [0.717, 1.165) is 4.90 Å². The Morgan fingerprint density at radius 2 is 2.10 bits per heavy atom. The van der Waals surface area contributed by atoms with Gasteiger partial charge in [0.2, 0.25) is 5.91 Å². The summed E-state index contributed by atoms with van der Waals surface area (Å²) in [6.45, 7) is 5.68. The lowest BCUT2D eigenvalue weighted by Crippen LogP contribution is -2.48. The number of nitriles is 1. The predicted octanol–water partition coefficient (Wildman–Crippen LogP) is 1.98. The van der Waals surface area contributed by atoms with Gasteiger partial charge in [0.25, 0.3) is 11.8 Å². The summed E-state index contributed by atoms with van der Waals surface area (Å²) in [6, 6.07) is 2.17. The van der Waals surface area contributed by atoms with Crippen LogP contribution in [0.2, 0.25) is 0 Å². The average Bonchev–Trinajstić information content (AvgIpc) is 2.99. The number of likely N-dealkylation sites (tertiary alicyclic amines) is 1. The smallest absolute Gasteiger partial charge is 0.407 e. The zero-order valence-electron chi connectivity index (χ0n) is 17.7. The minimum Gasteiger partial charge on any atom is -0.444 e. The van der Waals surface area contributed by atoms with Gasteiger partial charge in [0.1, 0.15) is 17.7 Å². The van der Waals surface area contributed by atoms with Crippen LogP contribution in [-0.2, 0) is 16.1 Å². The lowest BCUT2D eigenvalue weighted by molar-refractivity contribution is -0.134. The molecule has 2 heterocycles. The van der Waals surface area contributed by atoms with Crippen LogP contribution in [0.4, 0.5) is 13.6 Å². The summed E-state index contributed by atoms with van der Waals surface area (Å²) >= 11 is 0. The molecule has 0 bridgehead atoms. The van der Waals surface area contributed by atoms with Crippen LogP contribution in [0.25, 0.3) is 0 Å². The van der Waals surface area contributed by atoms with E-state index in [1.165, 1.54) is 25.3 Å². The van der Waals surface area contributed by atoms with Crippen LogP contribution in [-0.4, -0.2) is 57.9 Å². The van der Waals surface area contributed by atoms with Crippen LogP contribution >= 0.6 is 0 Å². The van der Waals surface area contributed by atoms with Crippen molar-refractivity contribution in [3.05, 3.63) is 29.6 Å². The zero-order valence-corrected chi connectivity index (χ0v) is 17.7. The SMILES string of the molecule is C[C@@H](NC(=O)c1ccnc(CNC(=O)OC(C)(C)C)c1)C(=O)N1CC(F)(F)C[C@H]1C#N. The fourth-order valence-electron chi connectivity index (χ4n) is 2.95. The van der Waals surface area contributed by atoms with Gasteiger partial charge >= 0.3 is 6.09 Å². The Kier molecular flexibility index (Phi) is 7.15. The number of aromatic nitrogens is 1. The average molecular weight is 437 g/mol. The molecule has 2 rings (SSSR count). The van der Waals surface area contributed by atoms with Gasteiger partial charge in [-0.25, -0.2) is 13.6 Å². The third kappa shape index (κ3) is 6.87. The highest BCUT2D eigenvalue weighted by atomic mass is 19.3. The number of ether oxygens (including phenoxy) is 1. The molecule has 168 valence electrons. The number of nitrogens with one attached hydrogen (secondary N) is 2. The largest absolute Gasteiger partial charge is 0.444 e. The van der Waals surface area contributed by atoms with Crippen molar-refractivity contribution in [2.75, 3.05) is 6.54 Å². The highest BCUT2D eigenvalue weighted by Crippen LogP contribution is 2.32. The first-order valence-electron chi connectivity index (χ1n) is 9.62. The molecule has 1 saturated heterocycles. The molecule has 1 aromatic rings. The van der Waals surface area contributed by atoms with Gasteiger partial charge in [0.05, 0.1) is 24.9 Å². The van der Waals surface area contributed by atoms with E-state index in [0.29, 0.717) is 5.69 Å². The normalized spacial score (nSPS) is 18.6. The Morgan fingerprint density at radius 1 is 1.42 bits per heavy atom. The van der Waals surface area contributed by atoms with Crippen molar-refractivity contribution in [2.24, 2.45) is 0 Å². The van der Waals surface area contributed by atoms with Gasteiger partial charge in [0, 0.05) is 18.2 Å². The molecule has 2 N–H and O–H groups in total. The van der Waals surface area contributed by atoms with Crippen molar-refractivity contribution in [1.29, 1.82) is 5.26 Å². The van der Waals surface area contributed by atoms with Crippen molar-refractivity contribution in [1.82, 2.24) is 20.5 Å². The van der Waals surface area contributed by atoms with Crippen LogP contribution in [0.1, 0.15) is 50.2 Å². The van der Waals surface area contributed by atoms with E-state index >= 15 is 0 Å². The first-order chi connectivity index (χ1) is 14.3. The molecular weight excluding hydrogens is 412 g/mol. The van der Waals surface area contributed by atoms with Gasteiger partial charge in [-0.05, 0) is 39.8 Å². The summed E-state index contributed by atoms with van der Waals surface area (Å²) in [4.78, 5) is 41.6. The summed E-state index contributed by atoms with van der Waals surface area (Å²) in [7, 11) is 0. The molecule has 0 radical (unpaired) electrons. The van der Waals surface area contributed by atoms with E-state index in [1.54, 1.807) is 26.8 Å². The topological polar surface area (TPSA) is 124 Å². The second-order valence-electron chi connectivity index (χ2n) is 8.26. The third-order valence-electron chi connectivity index (χ3n) is 4.31. The van der Waals surface area contributed by atoms with E-state index < -0.39 is 54.5 Å². The third-order valence-corrected chi connectivity index (χ3v) is 4.31. The first kappa shape index (κ1) is 24.0. The Labute approximate surface area is 178 Å². The Balaban J connectivity index is 1.97. The standard InChI is InChI=1S/C20H25F2N5O4/c1-12(17(29)27-11-20(21,22)8-15(27)9-23)26-16(28)13-5-6-24-14(7-13)10-25-18(30)31-19(2,3)4/h5-7,12,15H,8,10-11H2,1-4H3,(H,25,30)(H,26,28)/t12-,15+/m1/s1.